The van der Waals surface area contributed by atoms with E-state index in [4.69, 9.17) is 0 Å². The fourth-order valence-electron chi connectivity index (χ4n) is 3.37. The lowest BCUT2D eigenvalue weighted by molar-refractivity contribution is -0.119. The van der Waals surface area contributed by atoms with Crippen molar-refractivity contribution in [2.75, 3.05) is 11.4 Å². The summed E-state index contributed by atoms with van der Waals surface area (Å²) in [5.74, 6) is -0.715. The number of hydrogen-bond acceptors (Lipinski definition) is 3. The van der Waals surface area contributed by atoms with Crippen LogP contribution in [0.25, 0.3) is 0 Å². The van der Waals surface area contributed by atoms with Gasteiger partial charge in [0.05, 0.1) is 18.8 Å². The third-order valence-corrected chi connectivity index (χ3v) is 6.68. The Morgan fingerprint density at radius 2 is 1.41 bits per heavy atom. The first-order valence-electron chi connectivity index (χ1n) is 9.13. The van der Waals surface area contributed by atoms with E-state index in [2.05, 4.69) is 0 Å². The molecule has 148 valence electrons. The number of anilines is 1. The Balaban J connectivity index is 1.74. The van der Waals surface area contributed by atoms with Crippen LogP contribution in [0.1, 0.15) is 11.1 Å². The maximum absolute atomic E-state index is 13.3. The molecule has 0 aliphatic carbocycles. The lowest BCUT2D eigenvalue weighted by Gasteiger charge is -2.22. The van der Waals surface area contributed by atoms with E-state index in [-0.39, 0.29) is 30.4 Å². The van der Waals surface area contributed by atoms with E-state index in [0.717, 1.165) is 9.87 Å². The van der Waals surface area contributed by atoms with Crippen LogP contribution >= 0.6 is 0 Å². The maximum atomic E-state index is 13.3. The predicted molar refractivity (Wildman–Crippen MR) is 108 cm³/mol. The van der Waals surface area contributed by atoms with Crippen LogP contribution < -0.4 is 4.90 Å². The molecule has 3 aromatic carbocycles. The molecule has 0 saturated carbocycles. The van der Waals surface area contributed by atoms with Gasteiger partial charge in [-0.05, 0) is 35.4 Å². The van der Waals surface area contributed by atoms with Gasteiger partial charge in [0.15, 0.2) is 0 Å². The fourth-order valence-corrected chi connectivity index (χ4v) is 4.94. The Kier molecular flexibility index (Phi) is 5.17. The molecule has 1 aliphatic rings. The van der Waals surface area contributed by atoms with E-state index >= 15 is 0 Å². The first kappa shape index (κ1) is 19.3. The van der Waals surface area contributed by atoms with E-state index < -0.39 is 15.8 Å². The smallest absolute Gasteiger partial charge is 0.245 e. The third kappa shape index (κ3) is 3.92. The van der Waals surface area contributed by atoms with Crippen molar-refractivity contribution in [3.8, 4) is 0 Å². The molecule has 7 heteroatoms. The summed E-state index contributed by atoms with van der Waals surface area (Å²) in [5.41, 5.74) is 1.87. The first-order chi connectivity index (χ1) is 13.9. The maximum Gasteiger partial charge on any atom is 0.245 e. The van der Waals surface area contributed by atoms with Gasteiger partial charge in [-0.1, -0.05) is 54.6 Å². The third-order valence-electron chi connectivity index (χ3n) is 4.84. The summed E-state index contributed by atoms with van der Waals surface area (Å²) >= 11 is 0. The van der Waals surface area contributed by atoms with Crippen LogP contribution in [0.3, 0.4) is 0 Å². The Morgan fingerprint density at radius 1 is 0.793 bits per heavy atom. The average molecular weight is 410 g/mol. The molecule has 0 N–H and O–H groups in total. The molecule has 0 unspecified atom stereocenters. The Morgan fingerprint density at radius 3 is 2.14 bits per heavy atom. The predicted octanol–water partition coefficient (Wildman–Crippen LogP) is 3.56. The fraction of sp³-hybridized carbons (Fsp3) is 0.136. The first-order valence-corrected chi connectivity index (χ1v) is 10.6. The number of carbonyl (C=O) groups excluding carboxylic acids is 1. The number of para-hydroxylation sites is 1. The molecule has 4 rings (SSSR count). The SMILES string of the molecule is O=C1CN(Cc2ccc(F)cc2)S(=O)(=O)c2ccccc2N1Cc1ccccc1. The molecule has 0 fully saturated rings. The number of nitrogens with zero attached hydrogens (tertiary/aromatic N) is 2. The molecule has 0 spiro atoms. The zero-order valence-electron chi connectivity index (χ0n) is 15.5. The van der Waals surface area contributed by atoms with Crippen molar-refractivity contribution >= 4 is 21.6 Å². The zero-order valence-corrected chi connectivity index (χ0v) is 16.3. The Hall–Kier alpha value is -3.03. The molecule has 0 radical (unpaired) electrons. The topological polar surface area (TPSA) is 57.7 Å². The Labute approximate surface area is 169 Å². The molecule has 1 heterocycles. The van der Waals surface area contributed by atoms with Crippen molar-refractivity contribution in [2.45, 2.75) is 18.0 Å². The van der Waals surface area contributed by atoms with Crippen LogP contribution in [0.15, 0.2) is 83.8 Å². The second-order valence-electron chi connectivity index (χ2n) is 6.83. The molecular formula is C22H19FN2O3S. The van der Waals surface area contributed by atoms with Crippen LogP contribution in [0.4, 0.5) is 10.1 Å². The second kappa shape index (κ2) is 7.77. The quantitative estimate of drug-likeness (QED) is 0.661. The minimum atomic E-state index is -3.91. The normalized spacial score (nSPS) is 16.3. The molecule has 0 saturated heterocycles. The molecule has 0 bridgehead atoms. The Bertz CT molecular complexity index is 1130. The molecule has 0 atom stereocenters. The van der Waals surface area contributed by atoms with Crippen LogP contribution in [-0.4, -0.2) is 25.2 Å². The minimum absolute atomic E-state index is 0.0120. The molecule has 1 amide bonds. The van der Waals surface area contributed by atoms with Gasteiger partial charge in [0.1, 0.15) is 10.7 Å². The molecular weight excluding hydrogens is 391 g/mol. The summed E-state index contributed by atoms with van der Waals surface area (Å²) in [6.45, 7) is -0.0281. The summed E-state index contributed by atoms with van der Waals surface area (Å²) < 4.78 is 41.0. The summed E-state index contributed by atoms with van der Waals surface area (Å²) in [5, 5.41) is 0. The number of fused-ring (bicyclic) bond motifs is 1. The van der Waals surface area contributed by atoms with Crippen molar-refractivity contribution in [3.05, 3.63) is 95.8 Å². The van der Waals surface area contributed by atoms with Gasteiger partial charge >= 0.3 is 0 Å². The van der Waals surface area contributed by atoms with Crippen LogP contribution in [-0.2, 0) is 27.9 Å². The number of amides is 1. The standard InChI is InChI=1S/C22H19FN2O3S/c23-19-12-10-18(11-13-19)14-24-16-22(26)25(15-17-6-2-1-3-7-17)20-8-4-5-9-21(20)29(24,27)28/h1-13H,14-16H2. The number of benzene rings is 3. The highest BCUT2D eigenvalue weighted by molar-refractivity contribution is 7.89. The van der Waals surface area contributed by atoms with Crippen LogP contribution in [0.2, 0.25) is 0 Å². The van der Waals surface area contributed by atoms with Gasteiger partial charge in [-0.3, -0.25) is 4.79 Å². The summed E-state index contributed by atoms with van der Waals surface area (Å²) in [6.07, 6.45) is 0. The van der Waals surface area contributed by atoms with Gasteiger partial charge in [0, 0.05) is 6.54 Å². The van der Waals surface area contributed by atoms with E-state index in [0.29, 0.717) is 11.3 Å². The lowest BCUT2D eigenvalue weighted by atomic mass is 10.2. The van der Waals surface area contributed by atoms with Gasteiger partial charge in [0.2, 0.25) is 15.9 Å². The van der Waals surface area contributed by atoms with Crippen molar-refractivity contribution in [3.63, 3.8) is 0 Å². The van der Waals surface area contributed by atoms with E-state index in [1.54, 1.807) is 18.2 Å². The van der Waals surface area contributed by atoms with Crippen molar-refractivity contribution in [1.29, 1.82) is 0 Å². The van der Waals surface area contributed by atoms with Crippen LogP contribution in [0, 0.1) is 5.82 Å². The minimum Gasteiger partial charge on any atom is -0.305 e. The number of halogens is 1. The summed E-state index contributed by atoms with van der Waals surface area (Å²) in [6, 6.07) is 21.5. The summed E-state index contributed by atoms with van der Waals surface area (Å²) in [7, 11) is -3.91. The molecule has 3 aromatic rings. The van der Waals surface area contributed by atoms with Crippen molar-refractivity contribution in [1.82, 2.24) is 4.31 Å². The second-order valence-corrected chi connectivity index (χ2v) is 8.74. The van der Waals surface area contributed by atoms with Crippen LogP contribution in [0.5, 0.6) is 0 Å². The van der Waals surface area contributed by atoms with Gasteiger partial charge in [-0.15, -0.1) is 0 Å². The number of sulfonamides is 1. The lowest BCUT2D eigenvalue weighted by Crippen LogP contribution is -2.38. The highest BCUT2D eigenvalue weighted by Crippen LogP contribution is 2.33. The zero-order chi connectivity index (χ0) is 20.4. The van der Waals surface area contributed by atoms with Crippen molar-refractivity contribution < 1.29 is 17.6 Å². The largest absolute Gasteiger partial charge is 0.305 e. The van der Waals surface area contributed by atoms with E-state index in [1.165, 1.54) is 35.2 Å². The average Bonchev–Trinajstić information content (AvgIpc) is 2.80. The molecule has 5 nitrogen and oxygen atoms in total. The van der Waals surface area contributed by atoms with Gasteiger partial charge in [0.25, 0.3) is 0 Å². The molecule has 29 heavy (non-hydrogen) atoms. The van der Waals surface area contributed by atoms with Gasteiger partial charge in [-0.25, -0.2) is 12.8 Å². The number of carbonyl (C=O) groups is 1. The summed E-state index contributed by atoms with van der Waals surface area (Å²) in [4.78, 5) is 14.7. The molecule has 1 aliphatic heterocycles. The number of hydrogen-bond donors (Lipinski definition) is 0. The van der Waals surface area contributed by atoms with Gasteiger partial charge < -0.3 is 4.90 Å². The monoisotopic (exact) mass is 410 g/mol. The van der Waals surface area contributed by atoms with E-state index in [1.807, 2.05) is 30.3 Å². The van der Waals surface area contributed by atoms with Gasteiger partial charge in [-0.2, -0.15) is 4.31 Å². The van der Waals surface area contributed by atoms with Crippen molar-refractivity contribution in [2.24, 2.45) is 0 Å². The number of rotatable bonds is 4. The van der Waals surface area contributed by atoms with E-state index in [9.17, 15) is 17.6 Å². The highest BCUT2D eigenvalue weighted by Gasteiger charge is 2.36. The highest BCUT2D eigenvalue weighted by atomic mass is 32.2. The molecule has 0 aromatic heterocycles.